The van der Waals surface area contributed by atoms with Crippen LogP contribution in [0.5, 0.6) is 0 Å². The molecule has 0 amide bonds. The van der Waals surface area contributed by atoms with Crippen LogP contribution >= 0.6 is 0 Å². The first-order valence-electron chi connectivity index (χ1n) is 11.1. The molecule has 152 valence electrons. The van der Waals surface area contributed by atoms with E-state index in [1.165, 1.54) is 89.9 Å². The third-order valence-corrected chi connectivity index (χ3v) is 5.42. The van der Waals surface area contributed by atoms with Crippen LogP contribution < -0.4 is 0 Å². The van der Waals surface area contributed by atoms with Crippen molar-refractivity contribution in [3.05, 3.63) is 0 Å². The summed E-state index contributed by atoms with van der Waals surface area (Å²) in [5, 5.41) is 9.56. The molecule has 1 unspecified atom stereocenters. The molecule has 0 saturated carbocycles. The lowest BCUT2D eigenvalue weighted by Gasteiger charge is -2.11. The monoisotopic (exact) mass is 368 g/mol. The predicted octanol–water partition coefficient (Wildman–Crippen LogP) is 5.49. The minimum Gasteiger partial charge on any atom is -0.453 e. The third-order valence-electron chi connectivity index (χ3n) is 5.42. The average Bonchev–Trinajstić information content (AvgIpc) is 2.88. The van der Waals surface area contributed by atoms with Gasteiger partial charge in [0.2, 0.25) is 0 Å². The van der Waals surface area contributed by atoms with Crippen molar-refractivity contribution in [1.82, 2.24) is 0 Å². The van der Waals surface area contributed by atoms with E-state index in [-0.39, 0.29) is 0 Å². The van der Waals surface area contributed by atoms with Gasteiger partial charge in [0.1, 0.15) is 6.10 Å². The lowest BCUT2D eigenvalue weighted by atomic mass is 10.0. The number of carbonyl (C=O) groups is 2. The summed E-state index contributed by atoms with van der Waals surface area (Å²) in [5.41, 5.74) is 0. The number of ketones is 1. The molecule has 1 aliphatic rings. The number of hydrogen-bond donors (Lipinski definition) is 1. The van der Waals surface area contributed by atoms with Crippen LogP contribution in [0.3, 0.4) is 0 Å². The number of hydrogen-bond acceptors (Lipinski definition) is 4. The van der Waals surface area contributed by atoms with Crippen LogP contribution in [0, 0.1) is 0 Å². The zero-order valence-corrected chi connectivity index (χ0v) is 16.8. The van der Waals surface area contributed by atoms with E-state index in [4.69, 9.17) is 4.74 Å². The minimum absolute atomic E-state index is 0.594. The van der Waals surface area contributed by atoms with E-state index in [1.807, 2.05) is 0 Å². The van der Waals surface area contributed by atoms with Gasteiger partial charge in [0.15, 0.2) is 6.10 Å². The van der Waals surface area contributed by atoms with Crippen LogP contribution in [0.4, 0.5) is 0 Å². The number of Topliss-reactive ketones (excluding diaryl/α,β-unsaturated/α-hetero) is 1. The summed E-state index contributed by atoms with van der Waals surface area (Å²) in [6, 6.07) is 0. The number of unbranched alkanes of at least 4 members (excludes halogenated alkanes) is 15. The van der Waals surface area contributed by atoms with Crippen molar-refractivity contribution < 1.29 is 19.4 Å². The zero-order valence-electron chi connectivity index (χ0n) is 16.8. The van der Waals surface area contributed by atoms with Gasteiger partial charge in [-0.1, -0.05) is 103 Å². The molecule has 0 bridgehead atoms. The lowest BCUT2D eigenvalue weighted by Crippen LogP contribution is -2.26. The minimum atomic E-state index is -1.24. The number of carbonyl (C=O) groups excluding carboxylic acids is 2. The molecule has 1 fully saturated rings. The number of esters is 1. The smallest absolute Gasteiger partial charge is 0.377 e. The van der Waals surface area contributed by atoms with E-state index in [1.54, 1.807) is 0 Å². The Morgan fingerprint density at radius 1 is 0.692 bits per heavy atom. The largest absolute Gasteiger partial charge is 0.453 e. The number of rotatable bonds is 17. The maximum absolute atomic E-state index is 11.2. The summed E-state index contributed by atoms with van der Waals surface area (Å²) in [4.78, 5) is 22.2. The average molecular weight is 369 g/mol. The second kappa shape index (κ2) is 15.2. The molecule has 1 heterocycles. The van der Waals surface area contributed by atoms with Gasteiger partial charge in [-0.05, 0) is 12.8 Å². The topological polar surface area (TPSA) is 63.6 Å². The van der Waals surface area contributed by atoms with Gasteiger partial charge >= 0.3 is 5.97 Å². The molecule has 0 aromatic carbocycles. The summed E-state index contributed by atoms with van der Waals surface area (Å²) in [6.07, 6.45) is 19.8. The molecule has 0 aromatic heterocycles. The van der Waals surface area contributed by atoms with Crippen molar-refractivity contribution in [1.29, 1.82) is 0 Å². The summed E-state index contributed by atoms with van der Waals surface area (Å²) in [6.45, 7) is 2.27. The lowest BCUT2D eigenvalue weighted by molar-refractivity contribution is -0.149. The molecular formula is C22H40O4. The van der Waals surface area contributed by atoms with E-state index in [2.05, 4.69) is 6.92 Å². The van der Waals surface area contributed by atoms with Gasteiger partial charge in [-0.25, -0.2) is 4.79 Å². The quantitative estimate of drug-likeness (QED) is 0.209. The second-order valence-corrected chi connectivity index (χ2v) is 7.84. The Labute approximate surface area is 160 Å². The molecule has 0 spiro atoms. The molecule has 1 saturated heterocycles. The Morgan fingerprint density at radius 2 is 1.08 bits per heavy atom. The SMILES string of the molecule is CCCCCCCCCCCCCCCCCC[C@@H]1OC(=O)C(=O)C1O. The van der Waals surface area contributed by atoms with Gasteiger partial charge in [-0.15, -0.1) is 0 Å². The molecule has 1 N–H and O–H groups in total. The van der Waals surface area contributed by atoms with Crippen molar-refractivity contribution >= 4 is 11.8 Å². The van der Waals surface area contributed by atoms with Gasteiger partial charge in [0.25, 0.3) is 5.78 Å². The fraction of sp³-hybridized carbons (Fsp3) is 0.909. The Balaban J connectivity index is 1.76. The molecule has 1 aliphatic heterocycles. The summed E-state index contributed by atoms with van der Waals surface area (Å²) >= 11 is 0. The number of ether oxygens (including phenoxy) is 1. The first-order chi connectivity index (χ1) is 12.7. The van der Waals surface area contributed by atoms with Gasteiger partial charge in [0, 0.05) is 0 Å². The van der Waals surface area contributed by atoms with Gasteiger partial charge in [-0.3, -0.25) is 4.79 Å². The Bertz CT molecular complexity index is 380. The van der Waals surface area contributed by atoms with Crippen LogP contribution in [-0.4, -0.2) is 29.1 Å². The van der Waals surface area contributed by atoms with E-state index in [9.17, 15) is 14.7 Å². The molecule has 0 radical (unpaired) electrons. The third kappa shape index (κ3) is 10.3. The summed E-state index contributed by atoms with van der Waals surface area (Å²) in [7, 11) is 0. The van der Waals surface area contributed by atoms with Gasteiger partial charge in [0.05, 0.1) is 0 Å². The van der Waals surface area contributed by atoms with Crippen molar-refractivity contribution in [2.24, 2.45) is 0 Å². The molecule has 1 rings (SSSR count). The predicted molar refractivity (Wildman–Crippen MR) is 105 cm³/mol. The fourth-order valence-electron chi connectivity index (χ4n) is 3.66. The normalized spacial score (nSPS) is 19.9. The standard InChI is InChI=1S/C22H40O4/c1-2-3-4-5-6-7-8-9-10-11-12-13-14-15-16-17-18-19-20(23)21(24)22(25)26-19/h19-20,23H,2-18H2,1H3/t19-,20?/m0/s1. The molecule has 4 nitrogen and oxygen atoms in total. The summed E-state index contributed by atoms with van der Waals surface area (Å²) in [5.74, 6) is -1.66. The molecule has 0 aliphatic carbocycles. The van der Waals surface area contributed by atoms with Crippen molar-refractivity contribution in [2.45, 2.75) is 128 Å². The molecule has 26 heavy (non-hydrogen) atoms. The molecule has 4 heteroatoms. The Kier molecular flexibility index (Phi) is 13.5. The first-order valence-corrected chi connectivity index (χ1v) is 11.1. The highest BCUT2D eigenvalue weighted by Crippen LogP contribution is 2.19. The highest BCUT2D eigenvalue weighted by molar-refractivity contribution is 6.37. The Hall–Kier alpha value is -0.900. The van der Waals surface area contributed by atoms with Crippen molar-refractivity contribution in [3.8, 4) is 0 Å². The van der Waals surface area contributed by atoms with E-state index < -0.39 is 24.0 Å². The van der Waals surface area contributed by atoms with E-state index in [0.29, 0.717) is 6.42 Å². The highest BCUT2D eigenvalue weighted by atomic mass is 16.6. The molecule has 0 aromatic rings. The molecular weight excluding hydrogens is 328 g/mol. The second-order valence-electron chi connectivity index (χ2n) is 7.84. The Morgan fingerprint density at radius 3 is 1.42 bits per heavy atom. The summed E-state index contributed by atoms with van der Waals surface area (Å²) < 4.78 is 4.87. The van der Waals surface area contributed by atoms with Crippen LogP contribution in [0.1, 0.15) is 116 Å². The van der Waals surface area contributed by atoms with Gasteiger partial charge < -0.3 is 9.84 Å². The van der Waals surface area contributed by atoms with Crippen LogP contribution in [-0.2, 0) is 14.3 Å². The molecule has 2 atom stereocenters. The maximum Gasteiger partial charge on any atom is 0.377 e. The number of aliphatic hydroxyl groups is 1. The van der Waals surface area contributed by atoms with Crippen molar-refractivity contribution in [2.75, 3.05) is 0 Å². The zero-order chi connectivity index (χ0) is 19.0. The maximum atomic E-state index is 11.2. The van der Waals surface area contributed by atoms with Crippen LogP contribution in [0.2, 0.25) is 0 Å². The van der Waals surface area contributed by atoms with Crippen LogP contribution in [0.15, 0.2) is 0 Å². The van der Waals surface area contributed by atoms with E-state index >= 15 is 0 Å². The highest BCUT2D eigenvalue weighted by Gasteiger charge is 2.41. The van der Waals surface area contributed by atoms with Crippen LogP contribution in [0.25, 0.3) is 0 Å². The first kappa shape index (κ1) is 23.1. The fourth-order valence-corrected chi connectivity index (χ4v) is 3.66. The van der Waals surface area contributed by atoms with Crippen molar-refractivity contribution in [3.63, 3.8) is 0 Å². The number of cyclic esters (lactones) is 1. The van der Waals surface area contributed by atoms with E-state index in [0.717, 1.165) is 12.8 Å². The number of aliphatic hydroxyl groups excluding tert-OH is 1. The van der Waals surface area contributed by atoms with Gasteiger partial charge in [-0.2, -0.15) is 0 Å².